The van der Waals surface area contributed by atoms with Gasteiger partial charge >= 0.3 is 50.9 Å². The third-order valence-corrected chi connectivity index (χ3v) is 17.7. The van der Waals surface area contributed by atoms with Gasteiger partial charge in [0.15, 0.2) is 86.8 Å². The van der Waals surface area contributed by atoms with Crippen molar-refractivity contribution in [3.8, 4) is 40.2 Å². The number of halogens is 11. The number of aryl methyl sites for hydroxylation is 5. The Morgan fingerprint density at radius 3 is 1.26 bits per heavy atom. The Hall–Kier alpha value is -10.9. The van der Waals surface area contributed by atoms with Crippen LogP contribution in [-0.2, 0) is 99.5 Å². The maximum Gasteiger partial charge on any atom is 0.369 e. The molecule has 6 N–H and O–H groups in total. The van der Waals surface area contributed by atoms with Crippen LogP contribution in [0.25, 0.3) is 11.6 Å². The van der Waals surface area contributed by atoms with Gasteiger partial charge in [0.05, 0.1) is 88.2 Å². The number of phenolic OH excluding ortho intramolecular Hbond substituents is 1. The van der Waals surface area contributed by atoms with Crippen molar-refractivity contribution in [3.05, 3.63) is 217 Å². The first kappa shape index (κ1) is 121. The number of phenols is 1. The van der Waals surface area contributed by atoms with Crippen molar-refractivity contribution in [1.82, 2.24) is 0 Å². The van der Waals surface area contributed by atoms with Gasteiger partial charge in [-0.15, -0.1) is 47.3 Å². The van der Waals surface area contributed by atoms with Gasteiger partial charge in [-0.25, -0.2) is 40.3 Å². The van der Waals surface area contributed by atoms with Gasteiger partial charge in [-0.1, -0.05) is 42.9 Å². The Balaban J connectivity index is 0. The topological polar surface area (TPSA) is 419 Å². The molecule has 0 saturated heterocycles. The number of benzene rings is 7. The van der Waals surface area contributed by atoms with E-state index >= 15 is 0 Å². The van der Waals surface area contributed by atoms with E-state index in [4.69, 9.17) is 62.9 Å². The van der Waals surface area contributed by atoms with E-state index in [1.807, 2.05) is 0 Å². The molecule has 716 valence electrons. The predicted molar refractivity (Wildman–Crippen MR) is 488 cm³/mol. The van der Waals surface area contributed by atoms with E-state index in [9.17, 15) is 92.2 Å². The minimum Gasteiger partial charge on any atom is -0.505 e. The molecule has 130 heavy (non-hydrogen) atoms. The van der Waals surface area contributed by atoms with Gasteiger partial charge in [0.25, 0.3) is 10.1 Å². The van der Waals surface area contributed by atoms with Crippen LogP contribution >= 0.6 is 63.2 Å². The van der Waals surface area contributed by atoms with Gasteiger partial charge < -0.3 is 72.9 Å². The molecule has 0 aromatic heterocycles. The van der Waals surface area contributed by atoms with Crippen molar-refractivity contribution >= 4 is 148 Å². The zero-order valence-electron chi connectivity index (χ0n) is 71.3. The number of allylic oxidation sites excluding steroid dienone is 1. The number of aromatic hydroxyl groups is 1. The van der Waals surface area contributed by atoms with Crippen LogP contribution in [0.2, 0.25) is 0 Å². The minimum atomic E-state index is -3.67. The lowest BCUT2D eigenvalue weighted by Crippen LogP contribution is -2.08. The van der Waals surface area contributed by atoms with Crippen LogP contribution in [0.5, 0.6) is 40.2 Å². The predicted octanol–water partition coefficient (Wildman–Crippen LogP) is 18.9. The van der Waals surface area contributed by atoms with Crippen molar-refractivity contribution in [2.24, 2.45) is 0 Å². The summed E-state index contributed by atoms with van der Waals surface area (Å²) in [6.45, 7) is 8.63. The van der Waals surface area contributed by atoms with Gasteiger partial charge in [-0.05, 0) is 244 Å². The zero-order valence-corrected chi connectivity index (χ0v) is 78.5. The highest BCUT2D eigenvalue weighted by atomic mass is 79.9. The number of carboxylic acid groups (broad SMARTS) is 4. The smallest absolute Gasteiger partial charge is 0.369 e. The average Bonchev–Trinajstić information content (AvgIpc) is 1.66. The number of carboxylic acids is 4. The molecule has 0 spiro atoms. The van der Waals surface area contributed by atoms with Crippen molar-refractivity contribution in [2.45, 2.75) is 138 Å². The average molecular weight is 2120 g/mol. The van der Waals surface area contributed by atoms with E-state index in [0.29, 0.717) is 86.7 Å². The number of carbonyl (C=O) groups excluding carboxylic acids is 6. The van der Waals surface area contributed by atoms with Crippen molar-refractivity contribution < 1.29 is 165 Å². The molecule has 0 bridgehead atoms. The van der Waals surface area contributed by atoms with E-state index in [2.05, 4.69) is 72.7 Å². The maximum atomic E-state index is 13.7. The number of aldehydes is 1. The Morgan fingerprint density at radius 1 is 0.477 bits per heavy atom. The second-order valence-corrected chi connectivity index (χ2v) is 34.6. The largest absolute Gasteiger partial charge is 0.505 e. The van der Waals surface area contributed by atoms with Gasteiger partial charge in [-0.3, -0.25) is 42.9 Å². The molecule has 11 rings (SSSR count). The van der Waals surface area contributed by atoms with E-state index < -0.39 is 75.3 Å². The fraction of sp³-hybridized carbons (Fsp3) is 0.371. The molecule has 2 unspecified atom stereocenters. The highest BCUT2D eigenvalue weighted by Gasteiger charge is 2.30. The molecule has 7 aromatic carbocycles. The molecule has 0 heterocycles. The first-order valence-electron chi connectivity index (χ1n) is 38.2. The highest BCUT2D eigenvalue weighted by Crippen LogP contribution is 2.41. The monoisotopic (exact) mass is 2110 g/mol. The highest BCUT2D eigenvalue weighted by molar-refractivity contribution is 9.69. The van der Waals surface area contributed by atoms with E-state index in [-0.39, 0.29) is 118 Å². The molecule has 0 aliphatic heterocycles. The van der Waals surface area contributed by atoms with Gasteiger partial charge in [0, 0.05) is 36.1 Å². The molecule has 0 radical (unpaired) electrons. The summed E-state index contributed by atoms with van der Waals surface area (Å²) in [6.07, 6.45) is 11.4. The summed E-state index contributed by atoms with van der Waals surface area (Å²) in [6, 6.07) is 24.4. The molecule has 2 atom stereocenters. The standard InChI is InChI=1S/C14H17FO3.C14H15FO3.C13H15FO3.C10H11FO3.C10H9FO3.C10H9FO2.C8H7FO2.C4H7BrO2.C3H4O4.CH4O3S.2CH4.BBr3/c2*1-3-18-14(16)7-10-5-4-9-6-13(17-2)12(15)8-11(9)10;1-2-17-13(16)6-9-4-3-8-5-12(15)11(14)7-10(8)9;2*1-14-9-6-7(2-4-8(9)11)3-5-10(12)13;1-13-10-4-6-2-3-9(12)7(6)5-8(10)11;1-11-8-4-6(5-10)2-3-7(8)9;1-2-7-4(6)3-5;4-2(5)1-3(6)7;1-5(2,3)4;;;2-1(3)4/h6,8,10H,3-5,7H2,1-2H3;6-8H,3-5H2,1-2H3;5,7,9,15H,2-4,6H2,1H3;2,4,6H,3,5H2,1H3,(H,12,13);2-6H,1H3,(H,12,13);4-5H,2-3H2,1H3;2-5H,1H3;2-3H2,1H3;1H2,(H,4,5)(H,6,7);1H3,(H,2,3,4);2*1H4;/b;10-7+;;;5-3+;;;;;;;;. The van der Waals surface area contributed by atoms with Crippen LogP contribution in [0.15, 0.2) is 115 Å². The third kappa shape index (κ3) is 47.6. The summed E-state index contributed by atoms with van der Waals surface area (Å²) >= 11 is 12.3. The number of carbonyl (C=O) groups is 10. The molecule has 41 heteroatoms. The fourth-order valence-corrected chi connectivity index (χ4v) is 11.9. The molecule has 4 aliphatic rings. The molecule has 4 aliphatic carbocycles. The first-order chi connectivity index (χ1) is 60.3. The normalized spacial score (nSPS) is 12.9. The summed E-state index contributed by atoms with van der Waals surface area (Å²) in [4.78, 5) is 105. The Morgan fingerprint density at radius 2 is 0.854 bits per heavy atom. The van der Waals surface area contributed by atoms with Crippen LogP contribution in [0.3, 0.4) is 0 Å². The summed E-state index contributed by atoms with van der Waals surface area (Å²) in [5, 5.41) is 41.8. The Kier molecular flexibility index (Phi) is 60.4. The number of aliphatic carboxylic acids is 4. The quantitative estimate of drug-likeness (QED) is 0.00377. The molecule has 28 nitrogen and oxygen atoms in total. The number of hydrogen-bond donors (Lipinski definition) is 6. The lowest BCUT2D eigenvalue weighted by atomic mass is 9.97. The van der Waals surface area contributed by atoms with Crippen LogP contribution in [0.4, 0.5) is 30.7 Å². The minimum absolute atomic E-state index is 0. The number of fused-ring (bicyclic) bond motifs is 4. The van der Waals surface area contributed by atoms with Crippen LogP contribution in [0, 0.1) is 40.7 Å². The summed E-state index contributed by atoms with van der Waals surface area (Å²) in [5.41, 5.74) is 9.49. The third-order valence-electron chi connectivity index (χ3n) is 17.2. The van der Waals surface area contributed by atoms with Gasteiger partial charge in [0.2, 0.25) is 0 Å². The van der Waals surface area contributed by atoms with Gasteiger partial charge in [-0.2, -0.15) is 8.42 Å². The summed E-state index contributed by atoms with van der Waals surface area (Å²) < 4.78 is 166. The number of rotatable bonds is 24. The summed E-state index contributed by atoms with van der Waals surface area (Å²) in [7, 11) is 4.72. The zero-order chi connectivity index (χ0) is 97.1. The number of hydrogen-bond acceptors (Lipinski definition) is 23. The number of Topliss-reactive ketones (excluding diaryl/α,β-unsaturated/α-hetero) is 1. The second kappa shape index (κ2) is 64.8. The molecule has 0 saturated carbocycles. The summed E-state index contributed by atoms with van der Waals surface area (Å²) in [5.74, 6) is -7.98. The van der Waals surface area contributed by atoms with Gasteiger partial charge in [0.1, 0.15) is 18.0 Å². The van der Waals surface area contributed by atoms with Crippen molar-refractivity contribution in [2.75, 3.05) is 80.7 Å². The lowest BCUT2D eigenvalue weighted by molar-refractivity contribution is -0.148. The molecular formula is C89H106BBr4F7O28S. The maximum absolute atomic E-state index is 13.7. The number of ether oxygens (including phenoxy) is 10. The number of ketones is 1. The number of methoxy groups -OCH3 is 6. The van der Waals surface area contributed by atoms with Crippen LogP contribution in [0.1, 0.15) is 177 Å². The first-order valence-corrected chi connectivity index (χ1v) is 44.0. The SMILES string of the molecule is BrB(Br)Br.C.C.CCOC(=O)/C=C1\CCc2cc(OC)c(F)cc21.CCOC(=O)CBr.CCOC(=O)CC1CCc2cc(O)c(F)cc21.CCOC(=O)CC1CCc2cc(OC)c(F)cc21.COc1cc(/C=C/C(=O)O)ccc1F.COc1cc(C=O)ccc1F.COc1cc(CCC(=O)O)ccc1F.COc1cc2c(cc1F)C(=O)CC2.CS(=O)(=O)O.O=C(O)CC(=O)O. The Bertz CT molecular complexity index is 5020. The van der Waals surface area contributed by atoms with E-state index in [1.54, 1.807) is 52.0 Å². The van der Waals surface area contributed by atoms with Crippen molar-refractivity contribution in [3.63, 3.8) is 0 Å². The van der Waals surface area contributed by atoms with Crippen molar-refractivity contribution in [1.29, 1.82) is 0 Å². The Labute approximate surface area is 783 Å². The molecule has 7 aromatic rings. The molecule has 0 fully saturated rings. The second-order valence-electron chi connectivity index (χ2n) is 26.1. The lowest BCUT2D eigenvalue weighted by Gasteiger charge is -2.12. The molecular weight excluding hydrogens is 2010 g/mol. The fourth-order valence-electron chi connectivity index (χ4n) is 11.7. The van der Waals surface area contributed by atoms with E-state index in [1.165, 1.54) is 134 Å². The van der Waals surface area contributed by atoms with Crippen LogP contribution < -0.4 is 28.4 Å². The van der Waals surface area contributed by atoms with E-state index in [0.717, 1.165) is 94.7 Å². The molecule has 0 amide bonds. The number of esters is 4. The number of alkyl halides is 1. The van der Waals surface area contributed by atoms with Crippen LogP contribution in [-0.4, -0.2) is 182 Å².